The maximum absolute atomic E-state index is 12.9. The van der Waals surface area contributed by atoms with Crippen LogP contribution in [0.2, 0.25) is 0 Å². The number of nitrogens with zero attached hydrogens (tertiary/aromatic N) is 5. The largest absolute Gasteiger partial charge is 0.341 e. The number of hydrogen-bond acceptors (Lipinski definition) is 7. The van der Waals surface area contributed by atoms with Gasteiger partial charge in [0, 0.05) is 34.7 Å². The molecule has 1 unspecified atom stereocenters. The maximum atomic E-state index is 12.9. The summed E-state index contributed by atoms with van der Waals surface area (Å²) in [6.45, 7) is 5.40. The second kappa shape index (κ2) is 9.18. The third-order valence-electron chi connectivity index (χ3n) is 5.85. The second-order valence-electron chi connectivity index (χ2n) is 8.21. The number of carbonyl (C=O) groups excluding carboxylic acids is 2. The summed E-state index contributed by atoms with van der Waals surface area (Å²) in [4.78, 5) is 32.3. The normalized spacial score (nSPS) is 14.5. The molecule has 0 aliphatic carbocycles. The van der Waals surface area contributed by atoms with Gasteiger partial charge in [0.2, 0.25) is 5.91 Å². The van der Waals surface area contributed by atoms with Gasteiger partial charge in [-0.2, -0.15) is 10.2 Å². The summed E-state index contributed by atoms with van der Waals surface area (Å²) in [6, 6.07) is 3.36. The van der Waals surface area contributed by atoms with E-state index in [9.17, 15) is 9.59 Å². The number of aromatic amines is 1. The van der Waals surface area contributed by atoms with E-state index in [4.69, 9.17) is 0 Å². The van der Waals surface area contributed by atoms with Gasteiger partial charge >= 0.3 is 0 Å². The maximum Gasteiger partial charge on any atom is 0.267 e. The number of benzene rings is 1. The Hall–Kier alpha value is -3.25. The van der Waals surface area contributed by atoms with Crippen molar-refractivity contribution in [3.8, 4) is 0 Å². The summed E-state index contributed by atoms with van der Waals surface area (Å²) < 4.78 is 2.44. The lowest BCUT2D eigenvalue weighted by Crippen LogP contribution is -2.34. The Labute approximate surface area is 207 Å². The Morgan fingerprint density at radius 3 is 2.82 bits per heavy atom. The van der Waals surface area contributed by atoms with E-state index in [0.717, 1.165) is 46.9 Å². The van der Waals surface area contributed by atoms with Crippen molar-refractivity contribution in [2.45, 2.75) is 32.7 Å². The second-order valence-corrected chi connectivity index (χ2v) is 10.1. The van der Waals surface area contributed by atoms with E-state index in [1.54, 1.807) is 10.9 Å². The van der Waals surface area contributed by atoms with Crippen LogP contribution in [0, 0.1) is 6.92 Å². The first-order valence-corrected chi connectivity index (χ1v) is 12.5. The molecule has 34 heavy (non-hydrogen) atoms. The SMILES string of the molecule is Cc1cn(C(C)C(=O)N2CCCC2)nc1Nc1ncc(C(=O)Nc2c(Br)ccc3[nH]ncc23)s1. The van der Waals surface area contributed by atoms with E-state index < -0.39 is 0 Å². The lowest BCUT2D eigenvalue weighted by atomic mass is 10.2. The Bertz CT molecular complexity index is 1370. The monoisotopic (exact) mass is 542 g/mol. The number of halogens is 1. The van der Waals surface area contributed by atoms with Crippen molar-refractivity contribution < 1.29 is 9.59 Å². The molecule has 1 aromatic carbocycles. The lowest BCUT2D eigenvalue weighted by Gasteiger charge is -2.20. The van der Waals surface area contributed by atoms with Crippen LogP contribution >= 0.6 is 27.3 Å². The minimum absolute atomic E-state index is 0.0820. The van der Waals surface area contributed by atoms with Gasteiger partial charge < -0.3 is 15.5 Å². The summed E-state index contributed by atoms with van der Waals surface area (Å²) in [5.74, 6) is 0.416. The van der Waals surface area contributed by atoms with Crippen molar-refractivity contribution in [1.29, 1.82) is 0 Å². The Morgan fingerprint density at radius 2 is 2.03 bits per heavy atom. The van der Waals surface area contributed by atoms with E-state index in [-0.39, 0.29) is 17.9 Å². The molecule has 2 amide bonds. The molecule has 12 heteroatoms. The number of aryl methyl sites for hydroxylation is 1. The first kappa shape index (κ1) is 22.5. The first-order valence-electron chi connectivity index (χ1n) is 10.9. The van der Waals surface area contributed by atoms with Crippen LogP contribution in [0.5, 0.6) is 0 Å². The number of fused-ring (bicyclic) bond motifs is 1. The number of thiazole rings is 1. The zero-order chi connectivity index (χ0) is 23.8. The van der Waals surface area contributed by atoms with Crippen LogP contribution in [0.25, 0.3) is 10.9 Å². The molecule has 4 aromatic rings. The number of aromatic nitrogens is 5. The third-order valence-corrected chi connectivity index (χ3v) is 7.43. The molecule has 0 spiro atoms. The number of anilines is 3. The van der Waals surface area contributed by atoms with Crippen LogP contribution in [0.3, 0.4) is 0 Å². The van der Waals surface area contributed by atoms with Crippen LogP contribution in [0.1, 0.15) is 41.0 Å². The van der Waals surface area contributed by atoms with Gasteiger partial charge in [-0.3, -0.25) is 19.4 Å². The van der Waals surface area contributed by atoms with Gasteiger partial charge in [0.1, 0.15) is 10.9 Å². The molecular formula is C22H23BrN8O2S. The number of rotatable bonds is 6. The van der Waals surface area contributed by atoms with E-state index >= 15 is 0 Å². The van der Waals surface area contributed by atoms with Crippen LogP contribution in [0.4, 0.5) is 16.6 Å². The van der Waals surface area contributed by atoms with Crippen molar-refractivity contribution in [3.05, 3.63) is 45.6 Å². The van der Waals surface area contributed by atoms with E-state index in [1.165, 1.54) is 17.5 Å². The minimum atomic E-state index is -0.380. The quantitative estimate of drug-likeness (QED) is 0.330. The molecule has 0 saturated carbocycles. The molecule has 1 atom stereocenters. The molecule has 1 fully saturated rings. The fraction of sp³-hybridized carbons (Fsp3) is 0.318. The predicted octanol–water partition coefficient (Wildman–Crippen LogP) is 4.47. The summed E-state index contributed by atoms with van der Waals surface area (Å²) in [5.41, 5.74) is 2.36. The highest BCUT2D eigenvalue weighted by Crippen LogP contribution is 2.32. The summed E-state index contributed by atoms with van der Waals surface area (Å²) >= 11 is 4.71. The number of carbonyl (C=O) groups is 2. The molecule has 3 N–H and O–H groups in total. The summed E-state index contributed by atoms with van der Waals surface area (Å²) in [7, 11) is 0. The topological polar surface area (TPSA) is 121 Å². The molecule has 0 radical (unpaired) electrons. The van der Waals surface area contributed by atoms with Crippen LogP contribution in [-0.2, 0) is 4.79 Å². The molecule has 0 bridgehead atoms. The van der Waals surface area contributed by atoms with Crippen LogP contribution < -0.4 is 10.6 Å². The lowest BCUT2D eigenvalue weighted by molar-refractivity contribution is -0.133. The van der Waals surface area contributed by atoms with Gasteiger partial charge in [0.15, 0.2) is 10.9 Å². The average Bonchev–Trinajstić information content (AvgIpc) is 3.63. The predicted molar refractivity (Wildman–Crippen MR) is 135 cm³/mol. The Kier molecular flexibility index (Phi) is 6.09. The van der Waals surface area contributed by atoms with Gasteiger partial charge in [-0.25, -0.2) is 4.98 Å². The molecule has 1 aliphatic rings. The van der Waals surface area contributed by atoms with Crippen molar-refractivity contribution >= 4 is 66.6 Å². The Balaban J connectivity index is 1.29. The fourth-order valence-electron chi connectivity index (χ4n) is 3.95. The van der Waals surface area contributed by atoms with Crippen LogP contribution in [0.15, 0.2) is 35.2 Å². The standard InChI is InChI=1S/C22H23BrN8O2S/c1-12-11-31(13(2)21(33)30-7-3-4-8-30)29-19(12)27-22-24-10-17(34-22)20(32)26-18-14-9-25-28-16(14)6-5-15(18)23/h5-6,9-11,13H,3-4,7-8H2,1-2H3,(H,25,28)(H,26,32)(H,24,27,29). The van der Waals surface area contributed by atoms with E-state index in [2.05, 4.69) is 46.8 Å². The molecule has 10 nitrogen and oxygen atoms in total. The highest BCUT2D eigenvalue weighted by molar-refractivity contribution is 9.10. The molecule has 176 valence electrons. The van der Waals surface area contributed by atoms with Gasteiger partial charge in [0.05, 0.1) is 23.6 Å². The zero-order valence-electron chi connectivity index (χ0n) is 18.6. The molecule has 4 heterocycles. The smallest absolute Gasteiger partial charge is 0.267 e. The van der Waals surface area contributed by atoms with Gasteiger partial charge in [-0.1, -0.05) is 11.3 Å². The Morgan fingerprint density at radius 1 is 1.24 bits per heavy atom. The van der Waals surface area contributed by atoms with Gasteiger partial charge in [-0.15, -0.1) is 0 Å². The number of hydrogen-bond donors (Lipinski definition) is 3. The molecule has 3 aromatic heterocycles. The van der Waals surface area contributed by atoms with Crippen molar-refractivity contribution in [1.82, 2.24) is 29.9 Å². The number of H-pyrrole nitrogens is 1. The number of nitrogens with one attached hydrogen (secondary N) is 3. The van der Waals surface area contributed by atoms with E-state index in [1.807, 2.05) is 37.1 Å². The minimum Gasteiger partial charge on any atom is -0.341 e. The van der Waals surface area contributed by atoms with Crippen molar-refractivity contribution in [2.24, 2.45) is 0 Å². The molecular weight excluding hydrogens is 520 g/mol. The van der Waals surface area contributed by atoms with E-state index in [0.29, 0.717) is 21.5 Å². The fourth-order valence-corrected chi connectivity index (χ4v) is 5.11. The van der Waals surface area contributed by atoms with Gasteiger partial charge in [0.25, 0.3) is 5.91 Å². The van der Waals surface area contributed by atoms with Gasteiger partial charge in [-0.05, 0) is 54.8 Å². The summed E-state index contributed by atoms with van der Waals surface area (Å²) in [6.07, 6.45) is 7.15. The number of likely N-dealkylation sites (tertiary alicyclic amines) is 1. The highest BCUT2D eigenvalue weighted by atomic mass is 79.9. The average molecular weight is 543 g/mol. The first-order chi connectivity index (χ1) is 16.4. The number of amides is 2. The van der Waals surface area contributed by atoms with Crippen molar-refractivity contribution in [2.75, 3.05) is 23.7 Å². The molecule has 5 rings (SSSR count). The van der Waals surface area contributed by atoms with Crippen molar-refractivity contribution in [3.63, 3.8) is 0 Å². The van der Waals surface area contributed by atoms with Crippen LogP contribution in [-0.4, -0.2) is 54.8 Å². The third kappa shape index (κ3) is 4.30. The molecule has 1 saturated heterocycles. The highest BCUT2D eigenvalue weighted by Gasteiger charge is 2.25. The summed E-state index contributed by atoms with van der Waals surface area (Å²) in [5, 5.41) is 19.0. The zero-order valence-corrected chi connectivity index (χ0v) is 21.0. The molecule has 1 aliphatic heterocycles.